The van der Waals surface area contributed by atoms with Crippen molar-refractivity contribution in [3.63, 3.8) is 0 Å². The lowest BCUT2D eigenvalue weighted by Crippen LogP contribution is -2.09. The first-order valence-corrected chi connectivity index (χ1v) is 4.61. The van der Waals surface area contributed by atoms with Gasteiger partial charge in [-0.2, -0.15) is 0 Å². The minimum Gasteiger partial charge on any atom is -0.497 e. The largest absolute Gasteiger partial charge is 0.497 e. The number of methoxy groups -OCH3 is 1. The zero-order chi connectivity index (χ0) is 9.68. The van der Waals surface area contributed by atoms with Crippen LogP contribution < -0.4 is 9.46 Å². The molecule has 0 saturated carbocycles. The van der Waals surface area contributed by atoms with Crippen LogP contribution in [0.5, 0.6) is 5.75 Å². The molecule has 0 unspecified atom stereocenters. The number of carbonyl (C=O) groups is 1. The predicted molar refractivity (Wildman–Crippen MR) is 52.7 cm³/mol. The van der Waals surface area contributed by atoms with E-state index in [0.717, 1.165) is 10.6 Å². The van der Waals surface area contributed by atoms with E-state index >= 15 is 0 Å². The molecule has 0 bridgehead atoms. The molecule has 13 heavy (non-hydrogen) atoms. The maximum absolute atomic E-state index is 10.6. The fraction of sp³-hybridized carbons (Fsp3) is 0.222. The quantitative estimate of drug-likeness (QED) is 0.751. The Morgan fingerprint density at radius 3 is 2.46 bits per heavy atom. The van der Waals surface area contributed by atoms with Gasteiger partial charge in [-0.25, -0.2) is 0 Å². The van der Waals surface area contributed by atoms with E-state index in [9.17, 15) is 4.79 Å². The van der Waals surface area contributed by atoms with E-state index in [4.69, 9.17) is 4.74 Å². The first kappa shape index (κ1) is 9.92. The number of carbonyl (C=O) groups excluding carboxylic acids is 1. The molecule has 1 aromatic carbocycles. The third-order valence-corrected chi connectivity index (χ3v) is 2.27. The maximum Gasteiger partial charge on any atom is 0.226 e. The van der Waals surface area contributed by atoms with Crippen LogP contribution in [-0.4, -0.2) is 13.0 Å². The van der Waals surface area contributed by atoms with E-state index in [0.29, 0.717) is 0 Å². The molecule has 0 atom stereocenters. The minimum absolute atomic E-state index is 0.0548. The third kappa shape index (κ3) is 3.38. The van der Waals surface area contributed by atoms with Crippen LogP contribution in [0.3, 0.4) is 0 Å². The summed E-state index contributed by atoms with van der Waals surface area (Å²) < 4.78 is 7.63. The molecule has 4 heteroatoms. The van der Waals surface area contributed by atoms with Crippen molar-refractivity contribution in [3.8, 4) is 5.75 Å². The Morgan fingerprint density at radius 1 is 1.38 bits per heavy atom. The molecule has 0 spiro atoms. The van der Waals surface area contributed by atoms with Crippen molar-refractivity contribution in [3.05, 3.63) is 24.3 Å². The van der Waals surface area contributed by atoms with Gasteiger partial charge in [0, 0.05) is 11.8 Å². The van der Waals surface area contributed by atoms with Crippen molar-refractivity contribution >= 4 is 17.9 Å². The highest BCUT2D eigenvalue weighted by molar-refractivity contribution is 7.98. The molecule has 1 rings (SSSR count). The van der Waals surface area contributed by atoms with Gasteiger partial charge in [0.2, 0.25) is 5.91 Å². The minimum atomic E-state index is -0.0548. The summed E-state index contributed by atoms with van der Waals surface area (Å²) in [4.78, 5) is 11.6. The third-order valence-electron chi connectivity index (χ3n) is 1.37. The topological polar surface area (TPSA) is 38.3 Å². The molecule has 0 heterocycles. The van der Waals surface area contributed by atoms with E-state index in [1.54, 1.807) is 7.11 Å². The van der Waals surface area contributed by atoms with Gasteiger partial charge in [-0.05, 0) is 36.2 Å². The molecule has 3 nitrogen and oxygen atoms in total. The highest BCUT2D eigenvalue weighted by Gasteiger charge is 1.95. The smallest absolute Gasteiger partial charge is 0.226 e. The van der Waals surface area contributed by atoms with Crippen LogP contribution in [0.25, 0.3) is 0 Å². The Labute approximate surface area is 81.6 Å². The van der Waals surface area contributed by atoms with Crippen LogP contribution in [-0.2, 0) is 4.79 Å². The first-order chi connectivity index (χ1) is 6.22. The average Bonchev–Trinajstić information content (AvgIpc) is 2.15. The molecule has 0 aliphatic carbocycles. The van der Waals surface area contributed by atoms with Gasteiger partial charge in [0.25, 0.3) is 0 Å². The van der Waals surface area contributed by atoms with Crippen LogP contribution in [0.4, 0.5) is 0 Å². The lowest BCUT2D eigenvalue weighted by atomic mass is 10.3. The summed E-state index contributed by atoms with van der Waals surface area (Å²) in [6.45, 7) is 1.48. The fourth-order valence-electron chi connectivity index (χ4n) is 0.775. The van der Waals surface area contributed by atoms with Gasteiger partial charge in [0.05, 0.1) is 7.11 Å². The molecule has 1 N–H and O–H groups in total. The number of amides is 1. The Bertz CT molecular complexity index is 284. The van der Waals surface area contributed by atoms with Crippen LogP contribution in [0, 0.1) is 0 Å². The molecular weight excluding hydrogens is 186 g/mol. The van der Waals surface area contributed by atoms with Crippen LogP contribution in [0.1, 0.15) is 6.92 Å². The lowest BCUT2D eigenvalue weighted by molar-refractivity contribution is -0.117. The van der Waals surface area contributed by atoms with Gasteiger partial charge in [-0.1, -0.05) is 0 Å². The van der Waals surface area contributed by atoms with Crippen molar-refractivity contribution in [2.75, 3.05) is 7.11 Å². The number of rotatable bonds is 3. The predicted octanol–water partition coefficient (Wildman–Crippen LogP) is 1.84. The summed E-state index contributed by atoms with van der Waals surface area (Å²) in [5, 5.41) is 0. The van der Waals surface area contributed by atoms with Crippen LogP contribution in [0.15, 0.2) is 29.2 Å². The van der Waals surface area contributed by atoms with Gasteiger partial charge in [0.1, 0.15) is 5.75 Å². The van der Waals surface area contributed by atoms with Crippen molar-refractivity contribution in [2.45, 2.75) is 11.8 Å². The Hall–Kier alpha value is -1.16. The van der Waals surface area contributed by atoms with E-state index in [-0.39, 0.29) is 5.91 Å². The summed E-state index contributed by atoms with van der Waals surface area (Å²) in [6, 6.07) is 7.48. The Balaban J connectivity index is 2.54. The average molecular weight is 197 g/mol. The molecule has 0 radical (unpaired) electrons. The first-order valence-electron chi connectivity index (χ1n) is 3.80. The molecule has 0 fully saturated rings. The summed E-state index contributed by atoms with van der Waals surface area (Å²) in [7, 11) is 1.62. The SMILES string of the molecule is COc1ccc(SNC(C)=O)cc1. The molecule has 0 saturated heterocycles. The second-order valence-electron chi connectivity index (χ2n) is 2.44. The van der Waals surface area contributed by atoms with Gasteiger partial charge < -0.3 is 4.74 Å². The summed E-state index contributed by atoms with van der Waals surface area (Å²) in [5.41, 5.74) is 0. The van der Waals surface area contributed by atoms with E-state index in [1.165, 1.54) is 18.9 Å². The van der Waals surface area contributed by atoms with Crippen molar-refractivity contribution in [1.29, 1.82) is 0 Å². The van der Waals surface area contributed by atoms with Gasteiger partial charge in [-0.15, -0.1) is 0 Å². The molecule has 70 valence electrons. The molecule has 0 aliphatic heterocycles. The molecule has 1 amide bonds. The highest BCUT2D eigenvalue weighted by Crippen LogP contribution is 2.18. The monoisotopic (exact) mass is 197 g/mol. The number of hydrogen-bond donors (Lipinski definition) is 1. The van der Waals surface area contributed by atoms with Gasteiger partial charge in [-0.3, -0.25) is 9.52 Å². The lowest BCUT2D eigenvalue weighted by Gasteiger charge is -2.02. The standard InChI is InChI=1S/C9H11NO2S/c1-7(11)10-13-9-5-3-8(12-2)4-6-9/h3-6H,1-2H3,(H,10,11). The van der Waals surface area contributed by atoms with Crippen molar-refractivity contribution in [1.82, 2.24) is 4.72 Å². The second-order valence-corrected chi connectivity index (χ2v) is 3.32. The molecule has 0 aliphatic rings. The van der Waals surface area contributed by atoms with E-state index < -0.39 is 0 Å². The fourth-order valence-corrected chi connectivity index (χ4v) is 1.31. The summed E-state index contributed by atoms with van der Waals surface area (Å²) in [5.74, 6) is 0.757. The Kier molecular flexibility index (Phi) is 3.64. The van der Waals surface area contributed by atoms with Gasteiger partial charge >= 0.3 is 0 Å². The maximum atomic E-state index is 10.6. The van der Waals surface area contributed by atoms with Crippen LogP contribution >= 0.6 is 11.9 Å². The number of nitrogens with one attached hydrogen (secondary N) is 1. The van der Waals surface area contributed by atoms with Crippen molar-refractivity contribution < 1.29 is 9.53 Å². The Morgan fingerprint density at radius 2 is 2.00 bits per heavy atom. The highest BCUT2D eigenvalue weighted by atomic mass is 32.2. The van der Waals surface area contributed by atoms with Crippen molar-refractivity contribution in [2.24, 2.45) is 0 Å². The van der Waals surface area contributed by atoms with E-state index in [1.807, 2.05) is 24.3 Å². The number of ether oxygens (including phenoxy) is 1. The molecule has 0 aromatic heterocycles. The summed E-state index contributed by atoms with van der Waals surface area (Å²) >= 11 is 1.29. The molecular formula is C9H11NO2S. The number of hydrogen-bond acceptors (Lipinski definition) is 3. The second kappa shape index (κ2) is 4.77. The zero-order valence-corrected chi connectivity index (χ0v) is 8.35. The van der Waals surface area contributed by atoms with Gasteiger partial charge in [0.15, 0.2) is 0 Å². The summed E-state index contributed by atoms with van der Waals surface area (Å²) in [6.07, 6.45) is 0. The zero-order valence-electron chi connectivity index (χ0n) is 7.53. The number of benzene rings is 1. The normalized spacial score (nSPS) is 9.38. The van der Waals surface area contributed by atoms with E-state index in [2.05, 4.69) is 4.72 Å². The molecule has 1 aromatic rings. The van der Waals surface area contributed by atoms with Crippen LogP contribution in [0.2, 0.25) is 0 Å².